The van der Waals surface area contributed by atoms with E-state index < -0.39 is 11.9 Å². The number of aryl methyl sites for hydroxylation is 1. The summed E-state index contributed by atoms with van der Waals surface area (Å²) in [6.45, 7) is 5.42. The van der Waals surface area contributed by atoms with E-state index in [0.717, 1.165) is 23.0 Å². The predicted molar refractivity (Wildman–Crippen MR) is 124 cm³/mol. The topological polar surface area (TPSA) is 112 Å². The zero-order valence-corrected chi connectivity index (χ0v) is 18.2. The fourth-order valence-electron chi connectivity index (χ4n) is 3.90. The number of benzene rings is 2. The van der Waals surface area contributed by atoms with Gasteiger partial charge in [0.2, 0.25) is 0 Å². The van der Waals surface area contributed by atoms with E-state index in [-0.39, 0.29) is 17.0 Å². The monoisotopic (exact) mass is 443 g/mol. The van der Waals surface area contributed by atoms with Crippen LogP contribution in [0.3, 0.4) is 0 Å². The Hall–Kier alpha value is -4.46. The summed E-state index contributed by atoms with van der Waals surface area (Å²) in [7, 11) is 0. The Labute approximate surface area is 189 Å². The summed E-state index contributed by atoms with van der Waals surface area (Å²) in [6.07, 6.45) is 1.75. The van der Waals surface area contributed by atoms with Gasteiger partial charge in [0.1, 0.15) is 0 Å². The minimum atomic E-state index is -1.21. The number of carboxylic acid groups (broad SMARTS) is 2. The maximum Gasteiger partial charge on any atom is 0.335 e. The molecule has 8 nitrogen and oxygen atoms in total. The van der Waals surface area contributed by atoms with Crippen molar-refractivity contribution >= 4 is 35.3 Å². The van der Waals surface area contributed by atoms with Gasteiger partial charge in [0.25, 0.3) is 5.91 Å². The van der Waals surface area contributed by atoms with Crippen molar-refractivity contribution in [2.24, 2.45) is 5.10 Å². The van der Waals surface area contributed by atoms with Gasteiger partial charge in [-0.25, -0.2) is 9.59 Å². The average Bonchev–Trinajstić information content (AvgIpc) is 3.23. The van der Waals surface area contributed by atoms with Crippen molar-refractivity contribution < 1.29 is 24.6 Å². The van der Waals surface area contributed by atoms with Crippen molar-refractivity contribution in [1.29, 1.82) is 0 Å². The Bertz CT molecular complexity index is 1330. The third kappa shape index (κ3) is 3.94. The Morgan fingerprint density at radius 1 is 0.879 bits per heavy atom. The zero-order chi connectivity index (χ0) is 23.9. The van der Waals surface area contributed by atoms with Crippen LogP contribution in [0.5, 0.6) is 0 Å². The molecule has 2 heterocycles. The van der Waals surface area contributed by atoms with Crippen molar-refractivity contribution in [2.75, 3.05) is 5.01 Å². The van der Waals surface area contributed by atoms with Crippen LogP contribution in [0.4, 0.5) is 5.69 Å². The molecular weight excluding hydrogens is 422 g/mol. The number of carbonyl (C=O) groups is 3. The van der Waals surface area contributed by atoms with E-state index in [1.165, 1.54) is 17.1 Å². The van der Waals surface area contributed by atoms with Crippen LogP contribution in [0.2, 0.25) is 0 Å². The first-order valence-electron chi connectivity index (χ1n) is 10.1. The first kappa shape index (κ1) is 21.8. The smallest absolute Gasteiger partial charge is 0.335 e. The molecule has 0 aliphatic carbocycles. The number of aromatic nitrogens is 1. The van der Waals surface area contributed by atoms with Crippen molar-refractivity contribution in [3.8, 4) is 5.69 Å². The summed E-state index contributed by atoms with van der Waals surface area (Å²) in [5, 5.41) is 24.6. The van der Waals surface area contributed by atoms with Crippen LogP contribution in [-0.4, -0.2) is 38.3 Å². The van der Waals surface area contributed by atoms with Crippen LogP contribution in [0.15, 0.2) is 65.3 Å². The fourth-order valence-corrected chi connectivity index (χ4v) is 3.90. The number of hydrazone groups is 1. The number of aromatic carboxylic acids is 2. The molecular formula is C25H21N3O5. The minimum absolute atomic E-state index is 0.121. The summed E-state index contributed by atoms with van der Waals surface area (Å²) in [4.78, 5) is 36.1. The lowest BCUT2D eigenvalue weighted by molar-refractivity contribution is -0.114. The average molecular weight is 443 g/mol. The molecule has 8 heteroatoms. The van der Waals surface area contributed by atoms with Crippen molar-refractivity contribution in [3.63, 3.8) is 0 Å². The lowest BCUT2D eigenvalue weighted by Gasteiger charge is -2.12. The highest BCUT2D eigenvalue weighted by Crippen LogP contribution is 2.28. The number of nitrogens with zero attached hydrogens (tertiary/aromatic N) is 3. The Morgan fingerprint density at radius 2 is 1.48 bits per heavy atom. The maximum absolute atomic E-state index is 13.0. The standard InChI is InChI=1S/C25H21N3O5/c1-14-9-17(13-22-15(2)26-28(23(22)29)20-7-5-4-6-8-20)16(3)27(14)21-11-18(24(30)31)10-19(12-21)25(32)33/h4-13H,1-3H3,(H,30,31)(H,32,33)/b22-13+. The van der Waals surface area contributed by atoms with E-state index in [1.54, 1.807) is 29.7 Å². The van der Waals surface area contributed by atoms with Crippen molar-refractivity contribution in [1.82, 2.24) is 4.57 Å². The Kier molecular flexibility index (Phi) is 5.43. The first-order chi connectivity index (χ1) is 15.7. The van der Waals surface area contributed by atoms with E-state index in [2.05, 4.69) is 5.10 Å². The van der Waals surface area contributed by atoms with Crippen LogP contribution in [0, 0.1) is 13.8 Å². The molecule has 0 unspecified atom stereocenters. The SMILES string of the molecule is CC1=NN(c2ccccc2)C(=O)/C1=C/c1cc(C)n(-c2cc(C(=O)O)cc(C(=O)O)c2)c1C. The molecule has 33 heavy (non-hydrogen) atoms. The molecule has 3 aromatic rings. The predicted octanol–water partition coefficient (Wildman–Crippen LogP) is 4.30. The van der Waals surface area contributed by atoms with E-state index in [1.807, 2.05) is 38.1 Å². The van der Waals surface area contributed by atoms with E-state index in [4.69, 9.17) is 0 Å². The molecule has 1 amide bonds. The molecule has 0 saturated carbocycles. The van der Waals surface area contributed by atoms with Crippen LogP contribution in [-0.2, 0) is 4.79 Å². The van der Waals surface area contributed by atoms with Gasteiger partial charge < -0.3 is 14.8 Å². The van der Waals surface area contributed by atoms with Crippen LogP contribution in [0.1, 0.15) is 44.6 Å². The maximum atomic E-state index is 13.0. The van der Waals surface area contributed by atoms with Gasteiger partial charge in [0.05, 0.1) is 28.1 Å². The largest absolute Gasteiger partial charge is 0.478 e. The third-order valence-electron chi connectivity index (χ3n) is 5.50. The van der Waals surface area contributed by atoms with Gasteiger partial charge in [-0.2, -0.15) is 10.1 Å². The Balaban J connectivity index is 1.78. The van der Waals surface area contributed by atoms with Gasteiger partial charge in [-0.15, -0.1) is 0 Å². The number of rotatable bonds is 5. The number of para-hydroxylation sites is 1. The molecule has 2 N–H and O–H groups in total. The molecule has 0 radical (unpaired) electrons. The fraction of sp³-hybridized carbons (Fsp3) is 0.120. The minimum Gasteiger partial charge on any atom is -0.478 e. The lowest BCUT2D eigenvalue weighted by Crippen LogP contribution is -2.21. The number of anilines is 1. The zero-order valence-electron chi connectivity index (χ0n) is 18.2. The summed E-state index contributed by atoms with van der Waals surface area (Å²) >= 11 is 0. The van der Waals surface area contributed by atoms with Gasteiger partial charge in [0, 0.05) is 17.1 Å². The van der Waals surface area contributed by atoms with Gasteiger partial charge in [0.15, 0.2) is 0 Å². The highest BCUT2D eigenvalue weighted by Gasteiger charge is 2.29. The molecule has 0 spiro atoms. The van der Waals surface area contributed by atoms with Gasteiger partial charge >= 0.3 is 11.9 Å². The second-order valence-electron chi connectivity index (χ2n) is 7.74. The van der Waals surface area contributed by atoms with E-state index >= 15 is 0 Å². The molecule has 1 aliphatic rings. The number of hydrogen-bond acceptors (Lipinski definition) is 4. The summed E-state index contributed by atoms with van der Waals surface area (Å²) in [5.74, 6) is -2.67. The Morgan fingerprint density at radius 3 is 2.06 bits per heavy atom. The first-order valence-corrected chi connectivity index (χ1v) is 10.1. The van der Waals surface area contributed by atoms with Crippen LogP contribution < -0.4 is 5.01 Å². The number of hydrogen-bond donors (Lipinski definition) is 2. The molecule has 0 bridgehead atoms. The molecule has 166 valence electrons. The normalized spacial score (nSPS) is 14.6. The third-order valence-corrected chi connectivity index (χ3v) is 5.50. The second-order valence-corrected chi connectivity index (χ2v) is 7.74. The molecule has 4 rings (SSSR count). The van der Waals surface area contributed by atoms with E-state index in [0.29, 0.717) is 22.7 Å². The molecule has 0 fully saturated rings. The van der Waals surface area contributed by atoms with E-state index in [9.17, 15) is 24.6 Å². The summed E-state index contributed by atoms with van der Waals surface area (Å²) in [5.41, 5.74) is 4.12. The number of amides is 1. The van der Waals surface area contributed by atoms with Crippen molar-refractivity contribution in [2.45, 2.75) is 20.8 Å². The molecule has 1 aromatic heterocycles. The highest BCUT2D eigenvalue weighted by molar-refractivity contribution is 6.32. The molecule has 0 atom stereocenters. The van der Waals surface area contributed by atoms with Gasteiger partial charge in [-0.05, 0) is 68.8 Å². The molecule has 2 aromatic carbocycles. The van der Waals surface area contributed by atoms with Gasteiger partial charge in [-0.1, -0.05) is 18.2 Å². The summed E-state index contributed by atoms with van der Waals surface area (Å²) < 4.78 is 1.77. The lowest BCUT2D eigenvalue weighted by atomic mass is 10.1. The second kappa shape index (κ2) is 8.23. The van der Waals surface area contributed by atoms with Crippen LogP contribution in [0.25, 0.3) is 11.8 Å². The molecule has 0 saturated heterocycles. The number of carbonyl (C=O) groups excluding carboxylic acids is 1. The quantitative estimate of drug-likeness (QED) is 0.571. The number of carboxylic acids is 2. The summed E-state index contributed by atoms with van der Waals surface area (Å²) in [6, 6.07) is 15.0. The van der Waals surface area contributed by atoms with Gasteiger partial charge in [-0.3, -0.25) is 4.79 Å². The van der Waals surface area contributed by atoms with Crippen LogP contribution >= 0.6 is 0 Å². The molecule has 1 aliphatic heterocycles. The highest BCUT2D eigenvalue weighted by atomic mass is 16.4. The van der Waals surface area contributed by atoms with Crippen molar-refractivity contribution in [3.05, 3.63) is 88.2 Å².